The Morgan fingerprint density at radius 1 is 0.456 bits per heavy atom. The molecule has 2 heterocycles. The molecule has 6 aromatic carbocycles. The van der Waals surface area contributed by atoms with Crippen molar-refractivity contribution in [1.82, 2.24) is 0 Å². The van der Waals surface area contributed by atoms with Crippen molar-refractivity contribution in [2.24, 2.45) is 4.99 Å². The number of hydrogen-bond acceptors (Lipinski definition) is 3. The minimum absolute atomic E-state index is 0.502. The molecule has 0 saturated heterocycles. The van der Waals surface area contributed by atoms with Crippen molar-refractivity contribution in [1.29, 1.82) is 0 Å². The first kappa shape index (κ1) is 36.9. The van der Waals surface area contributed by atoms with Gasteiger partial charge in [0.1, 0.15) is 0 Å². The molecule has 2 aliphatic rings. The van der Waals surface area contributed by atoms with Gasteiger partial charge in [0, 0.05) is 59.4 Å². The van der Waals surface area contributed by atoms with Crippen molar-refractivity contribution in [3.63, 3.8) is 0 Å². The first-order chi connectivity index (χ1) is 28.0. The lowest BCUT2D eigenvalue weighted by Crippen LogP contribution is -2.47. The number of quaternary nitrogens is 1. The maximum Gasteiger partial charge on any atom is 0.536 e. The number of allylic oxidation sites excluding steroid dienone is 7. The van der Waals surface area contributed by atoms with Crippen LogP contribution >= 0.6 is 0 Å². The smallest absolute Gasteiger partial charge is 0.422 e. The Bertz CT molecular complexity index is 2450. The van der Waals surface area contributed by atoms with Crippen LogP contribution in [0, 0.1) is 0 Å². The largest absolute Gasteiger partial charge is 0.536 e. The van der Waals surface area contributed by atoms with Crippen molar-refractivity contribution in [2.45, 2.75) is 0 Å². The van der Waals surface area contributed by atoms with E-state index < -0.39 is 11.8 Å². The molecule has 0 spiro atoms. The molecule has 0 amide bonds. The van der Waals surface area contributed by atoms with Gasteiger partial charge in [-0.25, -0.2) is 4.99 Å². The molecule has 2 aliphatic heterocycles. The van der Waals surface area contributed by atoms with E-state index in [1.54, 1.807) is 31.4 Å². The molecule has 278 valence electrons. The van der Waals surface area contributed by atoms with Crippen molar-refractivity contribution >= 4 is 59.4 Å². The summed E-state index contributed by atoms with van der Waals surface area (Å²) in [4.78, 5) is 9.15. The van der Waals surface area contributed by atoms with Gasteiger partial charge < -0.3 is 22.8 Å². The summed E-state index contributed by atoms with van der Waals surface area (Å²) in [6.45, 7) is 0. The summed E-state index contributed by atoms with van der Waals surface area (Å²) >= 11 is 0. The summed E-state index contributed by atoms with van der Waals surface area (Å²) in [5.41, 5.74) is 10.7. The molecule has 7 heteroatoms. The van der Waals surface area contributed by atoms with Gasteiger partial charge in [0.25, 0.3) is 0 Å². The summed E-state index contributed by atoms with van der Waals surface area (Å²) in [5.74, 6) is 0. The summed E-state index contributed by atoms with van der Waals surface area (Å²) < 4.78 is 29.4. The number of para-hydroxylation sites is 4. The Labute approximate surface area is 333 Å². The topological polar surface area (TPSA) is 18.8 Å². The van der Waals surface area contributed by atoms with Crippen LogP contribution in [0.2, 0.25) is 0 Å². The van der Waals surface area contributed by atoms with Crippen LogP contribution in [-0.4, -0.2) is 24.6 Å². The van der Waals surface area contributed by atoms with E-state index in [1.807, 2.05) is 115 Å². The van der Waals surface area contributed by atoms with Crippen molar-refractivity contribution in [2.75, 3.05) is 16.8 Å². The van der Waals surface area contributed by atoms with E-state index in [9.17, 15) is 8.63 Å². The average molecular weight is 747 g/mol. The molecule has 1 unspecified atom stereocenters. The summed E-state index contributed by atoms with van der Waals surface area (Å²) in [5, 5.41) is 0. The third-order valence-electron chi connectivity index (χ3n) is 10.3. The van der Waals surface area contributed by atoms with Crippen LogP contribution in [0.4, 0.5) is 42.8 Å². The summed E-state index contributed by atoms with van der Waals surface area (Å²) in [7, 11) is -2.04. The molecule has 0 saturated carbocycles. The van der Waals surface area contributed by atoms with E-state index in [4.69, 9.17) is 4.99 Å². The maximum absolute atomic E-state index is 15.0. The van der Waals surface area contributed by atoms with Gasteiger partial charge in [0.2, 0.25) is 0 Å². The molecular formula is C50H41BF2N4. The highest BCUT2D eigenvalue weighted by Gasteiger charge is 2.37. The molecule has 4 nitrogen and oxygen atoms in total. The second-order valence-corrected chi connectivity index (χ2v) is 14.0. The van der Waals surface area contributed by atoms with Crippen LogP contribution in [0.1, 0.15) is 11.1 Å². The SMILES string of the molecule is C[N+]1([BH-](F)F)C(/C=C2/C=CC(/C=C/c3ccc(N(c4ccccc4)c4ccccc4)cc3)=N2)=CC=C1/C=C/c1ccc(N(c2ccccc2)c2ccccc2)cc1. The van der Waals surface area contributed by atoms with Crippen molar-refractivity contribution in [3.05, 3.63) is 241 Å². The molecule has 1 atom stereocenters. The minimum atomic E-state index is -3.62. The Balaban J connectivity index is 0.946. The third kappa shape index (κ3) is 8.15. The molecule has 6 aromatic rings. The van der Waals surface area contributed by atoms with Gasteiger partial charge in [-0.05, 0) is 114 Å². The van der Waals surface area contributed by atoms with Crippen LogP contribution in [0.3, 0.4) is 0 Å². The highest BCUT2D eigenvalue weighted by Crippen LogP contribution is 2.38. The van der Waals surface area contributed by atoms with E-state index in [0.29, 0.717) is 17.1 Å². The Morgan fingerprint density at radius 2 is 0.842 bits per heavy atom. The van der Waals surface area contributed by atoms with Crippen LogP contribution in [-0.2, 0) is 0 Å². The lowest BCUT2D eigenvalue weighted by Gasteiger charge is -2.39. The molecule has 8 rings (SSSR count). The number of aliphatic imine (C=N–C) groups is 1. The van der Waals surface area contributed by atoms with E-state index in [0.717, 1.165) is 51.0 Å². The van der Waals surface area contributed by atoms with Crippen molar-refractivity contribution < 1.29 is 13.0 Å². The molecule has 0 radical (unpaired) electrons. The minimum Gasteiger partial charge on any atom is -0.422 e. The summed E-state index contributed by atoms with van der Waals surface area (Å²) in [6, 6.07) is 57.5. The lowest BCUT2D eigenvalue weighted by molar-refractivity contribution is -0.725. The van der Waals surface area contributed by atoms with Gasteiger partial charge >= 0.3 is 7.40 Å². The first-order valence-electron chi connectivity index (χ1n) is 19.0. The number of anilines is 6. The molecule has 57 heavy (non-hydrogen) atoms. The number of hydrogen-bond donors (Lipinski definition) is 0. The zero-order valence-corrected chi connectivity index (χ0v) is 31.6. The van der Waals surface area contributed by atoms with Gasteiger partial charge in [-0.15, -0.1) is 0 Å². The van der Waals surface area contributed by atoms with Crippen LogP contribution in [0.25, 0.3) is 12.2 Å². The van der Waals surface area contributed by atoms with Crippen LogP contribution in [0.15, 0.2) is 234 Å². The lowest BCUT2D eigenvalue weighted by atomic mass is 10.0. The maximum atomic E-state index is 15.0. The summed E-state index contributed by atoms with van der Waals surface area (Å²) in [6.07, 6.45) is 16.8. The Morgan fingerprint density at radius 3 is 1.26 bits per heavy atom. The molecule has 0 aromatic heterocycles. The second-order valence-electron chi connectivity index (χ2n) is 14.0. The monoisotopic (exact) mass is 746 g/mol. The molecular weight excluding hydrogens is 705 g/mol. The predicted octanol–water partition coefficient (Wildman–Crippen LogP) is 13.1. The predicted molar refractivity (Wildman–Crippen MR) is 237 cm³/mol. The fourth-order valence-electron chi connectivity index (χ4n) is 7.09. The Kier molecular flexibility index (Phi) is 10.8. The number of benzene rings is 6. The zero-order valence-electron chi connectivity index (χ0n) is 31.6. The van der Waals surface area contributed by atoms with Crippen molar-refractivity contribution in [3.8, 4) is 0 Å². The van der Waals surface area contributed by atoms with Gasteiger partial charge in [0.15, 0.2) is 0 Å². The number of nitrogens with zero attached hydrogens (tertiary/aromatic N) is 4. The van der Waals surface area contributed by atoms with E-state index in [1.165, 1.54) is 0 Å². The van der Waals surface area contributed by atoms with Gasteiger partial charge in [0.05, 0.1) is 22.8 Å². The molecule has 0 fully saturated rings. The number of rotatable bonds is 12. The van der Waals surface area contributed by atoms with Gasteiger partial charge in [-0.2, -0.15) is 0 Å². The van der Waals surface area contributed by atoms with Crippen LogP contribution < -0.4 is 9.80 Å². The number of likely N-dealkylation sites (N-methyl/N-ethyl adjacent to an activating group) is 1. The molecule has 0 aliphatic carbocycles. The fraction of sp³-hybridized carbons (Fsp3) is 0.0200. The molecule has 0 N–H and O–H groups in total. The highest BCUT2D eigenvalue weighted by atomic mass is 19.2. The Hall–Kier alpha value is -7.09. The molecule has 0 bridgehead atoms. The quantitative estimate of drug-likeness (QED) is 0.116. The fourth-order valence-corrected chi connectivity index (χ4v) is 7.09. The van der Waals surface area contributed by atoms with Gasteiger partial charge in [-0.1, -0.05) is 103 Å². The standard InChI is InChI=1S/C50H41BF2N4/c1-57(51(52)53)49(35-27-40-25-33-48(34-26-40)56(45-18-10-4-11-19-45)46-20-12-5-13-21-46)36-37-50(57)38-42-30-29-41(54-42)28-22-39-23-31-47(32-24-39)55(43-14-6-2-7-15-43)44-16-8-3-9-17-44/h2-38,51H,1H3/b28-22+,35-27+,42-38-. The van der Waals surface area contributed by atoms with Gasteiger partial charge in [-0.3, -0.25) is 0 Å². The van der Waals surface area contributed by atoms with E-state index in [2.05, 4.69) is 94.7 Å². The number of halogens is 2. The average Bonchev–Trinajstić information content (AvgIpc) is 3.85. The van der Waals surface area contributed by atoms with Crippen LogP contribution in [0.5, 0.6) is 0 Å². The highest BCUT2D eigenvalue weighted by molar-refractivity contribution is 6.34. The zero-order chi connectivity index (χ0) is 39.0. The van der Waals surface area contributed by atoms with E-state index in [-0.39, 0.29) is 0 Å². The first-order valence-corrected chi connectivity index (χ1v) is 19.0. The third-order valence-corrected chi connectivity index (χ3v) is 10.3. The second kappa shape index (κ2) is 16.7. The van der Waals surface area contributed by atoms with E-state index >= 15 is 0 Å². The normalized spacial score (nSPS) is 17.1.